The molecule has 0 aliphatic heterocycles. The number of rotatable bonds is 4. The molecule has 0 spiro atoms. The molecule has 0 aliphatic rings. The number of esters is 2. The standard InChI is InChI=1S/C9H8ClNO3.C9H7ClO3.CH2O3.ClH.H3NO.Na/c1-14-9(12)7-4-6(5-11-13)2-3-8(7)10;1-13-9(12)7-4-6(5-11)2-3-8(7)10;2-1(3)4;;1-2;/h2-5,13H,1H3;2-5H,1H3;(H2,2,3,4);1H;2H,1H2;/q;;;;;+1/p-1/b11-5+;;;;;. The van der Waals surface area contributed by atoms with Crippen molar-refractivity contribution in [2.24, 2.45) is 11.1 Å². The number of carbonyl (C=O) groups is 4. The fourth-order valence-corrected chi connectivity index (χ4v) is 2.23. The molecule has 2 aromatic rings. The Morgan fingerprint density at radius 3 is 1.60 bits per heavy atom. The molecule has 16 heteroatoms. The molecule has 0 atom stereocenters. The largest absolute Gasteiger partial charge is 1.00 e. The Kier molecular flexibility index (Phi) is 26.5. The van der Waals surface area contributed by atoms with Crippen molar-refractivity contribution in [3.63, 3.8) is 0 Å². The maximum absolute atomic E-state index is 11.2. The van der Waals surface area contributed by atoms with E-state index in [1.165, 1.54) is 50.8 Å². The van der Waals surface area contributed by atoms with E-state index < -0.39 is 18.1 Å². The molecule has 12 nitrogen and oxygen atoms in total. The van der Waals surface area contributed by atoms with Crippen LogP contribution in [0.2, 0.25) is 10.0 Å². The van der Waals surface area contributed by atoms with Gasteiger partial charge in [-0.15, -0.1) is 12.4 Å². The van der Waals surface area contributed by atoms with E-state index in [9.17, 15) is 14.4 Å². The van der Waals surface area contributed by atoms with Crippen LogP contribution in [0, 0.1) is 0 Å². The van der Waals surface area contributed by atoms with Gasteiger partial charge in [0.05, 0.1) is 41.6 Å². The van der Waals surface area contributed by atoms with Crippen molar-refractivity contribution < 1.29 is 78.8 Å². The van der Waals surface area contributed by atoms with Gasteiger partial charge in [-0.2, -0.15) is 0 Å². The van der Waals surface area contributed by atoms with Crippen LogP contribution in [-0.2, 0) is 9.47 Å². The van der Waals surface area contributed by atoms with Gasteiger partial charge >= 0.3 is 41.5 Å². The molecular formula is C19H20Cl3N2NaO10. The molecule has 0 unspecified atom stereocenters. The monoisotopic (exact) mass is 564 g/mol. The molecule has 5 N–H and O–H groups in total. The fraction of sp³-hybridized carbons (Fsp3) is 0.105. The first-order valence-corrected chi connectivity index (χ1v) is 8.90. The first kappa shape index (κ1) is 39.8. The van der Waals surface area contributed by atoms with Crippen LogP contribution < -0.4 is 40.6 Å². The van der Waals surface area contributed by atoms with Crippen molar-refractivity contribution >= 4 is 66.2 Å². The number of methoxy groups -OCH3 is 2. The molecular weight excluding hydrogens is 546 g/mol. The molecule has 0 fully saturated rings. The van der Waals surface area contributed by atoms with E-state index in [2.05, 4.69) is 20.5 Å². The van der Waals surface area contributed by atoms with Crippen LogP contribution in [0.1, 0.15) is 36.6 Å². The number of halogens is 3. The van der Waals surface area contributed by atoms with Crippen molar-refractivity contribution in [1.29, 1.82) is 0 Å². The Hall–Kier alpha value is -2.42. The summed E-state index contributed by atoms with van der Waals surface area (Å²) in [6, 6.07) is 9.04. The number of hydrogen-bond acceptors (Lipinski definition) is 11. The van der Waals surface area contributed by atoms with Crippen LogP contribution in [0.5, 0.6) is 0 Å². The molecule has 0 aliphatic carbocycles. The molecule has 0 bridgehead atoms. The number of ether oxygens (including phenoxy) is 2. The topological polar surface area (TPSA) is 209 Å². The van der Waals surface area contributed by atoms with E-state index in [1.54, 1.807) is 6.07 Å². The summed E-state index contributed by atoms with van der Waals surface area (Å²) in [5.41, 5.74) is 1.41. The zero-order valence-electron chi connectivity index (χ0n) is 18.5. The third-order valence-corrected chi connectivity index (χ3v) is 3.79. The van der Waals surface area contributed by atoms with Gasteiger partial charge in [0.15, 0.2) is 0 Å². The maximum Gasteiger partial charge on any atom is 1.00 e. The Bertz CT molecular complexity index is 974. The quantitative estimate of drug-likeness (QED) is 0.0929. The van der Waals surface area contributed by atoms with Crippen molar-refractivity contribution in [1.82, 2.24) is 0 Å². The van der Waals surface area contributed by atoms with Crippen LogP contribution in [0.15, 0.2) is 41.6 Å². The maximum atomic E-state index is 11.2. The number of nitrogens with two attached hydrogens (primary N) is 1. The predicted octanol–water partition coefficient (Wildman–Crippen LogP) is -0.478. The minimum Gasteiger partial charge on any atom is -0.565 e. The van der Waals surface area contributed by atoms with Gasteiger partial charge < -0.3 is 34.9 Å². The van der Waals surface area contributed by atoms with Crippen molar-refractivity contribution in [2.45, 2.75) is 0 Å². The van der Waals surface area contributed by atoms with Gasteiger partial charge in [0, 0.05) is 5.56 Å². The molecule has 0 heterocycles. The van der Waals surface area contributed by atoms with Gasteiger partial charge in [0.25, 0.3) is 0 Å². The Morgan fingerprint density at radius 1 is 0.943 bits per heavy atom. The third-order valence-electron chi connectivity index (χ3n) is 3.13. The number of carbonyl (C=O) groups excluding carboxylic acids is 3. The van der Waals surface area contributed by atoms with Gasteiger partial charge in [0.1, 0.15) is 6.29 Å². The summed E-state index contributed by atoms with van der Waals surface area (Å²) < 4.78 is 9.00. The second kappa shape index (κ2) is 23.3. The molecule has 2 rings (SSSR count). The van der Waals surface area contributed by atoms with E-state index in [-0.39, 0.29) is 58.1 Å². The normalized spacial score (nSPS) is 8.51. The van der Waals surface area contributed by atoms with Crippen LogP contribution in [0.3, 0.4) is 0 Å². The summed E-state index contributed by atoms with van der Waals surface area (Å²) in [5.74, 6) is 2.43. The first-order valence-electron chi connectivity index (χ1n) is 8.15. The molecule has 0 saturated carbocycles. The SMILES string of the molecule is COC(=O)c1cc(/C=N/O)ccc1Cl.COC(=O)c1cc(C=O)ccc1Cl.Cl.NO.O=C([O-])O.[Na+]. The van der Waals surface area contributed by atoms with E-state index in [1.807, 2.05) is 0 Å². The predicted molar refractivity (Wildman–Crippen MR) is 122 cm³/mol. The van der Waals surface area contributed by atoms with E-state index >= 15 is 0 Å². The summed E-state index contributed by atoms with van der Waals surface area (Å²) in [7, 11) is 2.53. The van der Waals surface area contributed by atoms with Gasteiger partial charge in [-0.3, -0.25) is 4.79 Å². The minimum absolute atomic E-state index is 0. The van der Waals surface area contributed by atoms with Crippen molar-refractivity contribution in [3.8, 4) is 0 Å². The minimum atomic E-state index is -2.08. The summed E-state index contributed by atoms with van der Waals surface area (Å²) in [6.07, 6.45) is -0.245. The molecule has 0 aromatic heterocycles. The van der Waals surface area contributed by atoms with Gasteiger partial charge in [-0.05, 0) is 29.8 Å². The first-order chi connectivity index (χ1) is 15.6. The third kappa shape index (κ3) is 16.8. The second-order valence-corrected chi connectivity index (χ2v) is 5.90. The molecule has 188 valence electrons. The summed E-state index contributed by atoms with van der Waals surface area (Å²) in [4.78, 5) is 41.1. The van der Waals surface area contributed by atoms with E-state index in [0.717, 1.165) is 0 Å². The average molecular weight is 566 g/mol. The number of nitrogens with zero attached hydrogens (tertiary/aromatic N) is 1. The Balaban J connectivity index is -0.000000215. The molecule has 0 radical (unpaired) electrons. The number of hydrogen-bond donors (Lipinski definition) is 4. The number of benzene rings is 2. The molecule has 0 saturated heterocycles. The van der Waals surface area contributed by atoms with Gasteiger partial charge in [-0.1, -0.05) is 40.5 Å². The zero-order valence-corrected chi connectivity index (χ0v) is 22.8. The number of aldehydes is 1. The van der Waals surface area contributed by atoms with E-state index in [4.69, 9.17) is 48.6 Å². The smallest absolute Gasteiger partial charge is 0.565 e. The molecule has 0 amide bonds. The van der Waals surface area contributed by atoms with Crippen LogP contribution in [0.4, 0.5) is 4.79 Å². The van der Waals surface area contributed by atoms with Gasteiger partial charge in [-0.25, -0.2) is 15.5 Å². The van der Waals surface area contributed by atoms with Crippen LogP contribution in [0.25, 0.3) is 0 Å². The van der Waals surface area contributed by atoms with E-state index in [0.29, 0.717) is 22.4 Å². The fourth-order valence-electron chi connectivity index (χ4n) is 1.84. The number of oxime groups is 1. The van der Waals surface area contributed by atoms with Crippen molar-refractivity contribution in [3.05, 3.63) is 68.7 Å². The Labute approximate surface area is 237 Å². The molecule has 35 heavy (non-hydrogen) atoms. The average Bonchev–Trinajstić information content (AvgIpc) is 2.81. The summed E-state index contributed by atoms with van der Waals surface area (Å²) >= 11 is 11.5. The molecule has 2 aromatic carbocycles. The van der Waals surface area contributed by atoms with Gasteiger partial charge in [0.2, 0.25) is 6.16 Å². The summed E-state index contributed by atoms with van der Waals surface area (Å²) in [6.45, 7) is 0. The second-order valence-electron chi connectivity index (χ2n) is 5.09. The summed E-state index contributed by atoms with van der Waals surface area (Å²) in [5, 5.41) is 33.5. The Morgan fingerprint density at radius 2 is 1.29 bits per heavy atom. The number of carboxylic acid groups (broad SMARTS) is 2. The van der Waals surface area contributed by atoms with Crippen LogP contribution in [-0.4, -0.2) is 60.3 Å². The van der Waals surface area contributed by atoms with Crippen LogP contribution >= 0.6 is 35.6 Å². The van der Waals surface area contributed by atoms with Crippen molar-refractivity contribution in [2.75, 3.05) is 14.2 Å². The zero-order chi connectivity index (χ0) is 26.0.